The SMILES string of the molecule is c1ccc2cc(-c3ccc(N(c4ccc5sc6ccccc6c5c4)c4ccc5c(c4)n4c6ccccc6c6ccc7c8ccccc8n5c7c64)cc3)ccc2c1. The molecule has 4 heteroatoms. The van der Waals surface area contributed by atoms with Gasteiger partial charge in [-0.05, 0) is 94.7 Å². The summed E-state index contributed by atoms with van der Waals surface area (Å²) in [6, 6.07) is 69.6. The van der Waals surface area contributed by atoms with E-state index < -0.39 is 0 Å². The number of para-hydroxylation sites is 2. The molecule has 0 N–H and O–H groups in total. The Morgan fingerprint density at radius 3 is 1.66 bits per heavy atom. The lowest BCUT2D eigenvalue weighted by Gasteiger charge is -2.26. The lowest BCUT2D eigenvalue weighted by Crippen LogP contribution is -2.10. The second-order valence-electron chi connectivity index (χ2n) is 15.0. The summed E-state index contributed by atoms with van der Waals surface area (Å²) in [7, 11) is 0. The lowest BCUT2D eigenvalue weighted by atomic mass is 10.0. The van der Waals surface area contributed by atoms with E-state index in [1.807, 2.05) is 11.3 Å². The molecule has 0 aliphatic carbocycles. The molecule has 0 unspecified atom stereocenters. The maximum Gasteiger partial charge on any atom is 0.0789 e. The number of fused-ring (bicyclic) bond motifs is 13. The zero-order valence-electron chi connectivity index (χ0n) is 30.1. The largest absolute Gasteiger partial charge is 0.310 e. The molecule has 0 saturated carbocycles. The maximum atomic E-state index is 2.52. The van der Waals surface area contributed by atoms with E-state index in [0.717, 1.165) is 17.1 Å². The highest BCUT2D eigenvalue weighted by Crippen LogP contribution is 2.45. The predicted molar refractivity (Wildman–Crippen MR) is 240 cm³/mol. The highest BCUT2D eigenvalue weighted by atomic mass is 32.1. The van der Waals surface area contributed by atoms with Gasteiger partial charge in [0.05, 0.1) is 33.1 Å². The van der Waals surface area contributed by atoms with Gasteiger partial charge in [-0.25, -0.2) is 0 Å². The first-order chi connectivity index (χ1) is 27.8. The van der Waals surface area contributed by atoms with E-state index in [-0.39, 0.29) is 0 Å². The van der Waals surface area contributed by atoms with Gasteiger partial charge in [0.15, 0.2) is 0 Å². The average molecular weight is 730 g/mol. The van der Waals surface area contributed by atoms with Gasteiger partial charge in [0.1, 0.15) is 0 Å². The van der Waals surface area contributed by atoms with Gasteiger partial charge in [-0.15, -0.1) is 11.3 Å². The number of rotatable bonds is 4. The second-order valence-corrected chi connectivity index (χ2v) is 16.0. The third kappa shape index (κ3) is 4.11. The molecule has 0 aliphatic heterocycles. The van der Waals surface area contributed by atoms with Gasteiger partial charge < -0.3 is 13.7 Å². The Hall–Kier alpha value is -7.14. The molecule has 4 heterocycles. The molecule has 0 radical (unpaired) electrons. The fourth-order valence-electron chi connectivity index (χ4n) is 9.49. The molecule has 56 heavy (non-hydrogen) atoms. The Morgan fingerprint density at radius 1 is 0.321 bits per heavy atom. The van der Waals surface area contributed by atoms with Crippen LogP contribution in [0.3, 0.4) is 0 Å². The third-order valence-electron chi connectivity index (χ3n) is 12.0. The van der Waals surface area contributed by atoms with Crippen molar-refractivity contribution >= 4 is 114 Å². The summed E-state index contributed by atoms with van der Waals surface area (Å²) in [4.78, 5) is 2.43. The predicted octanol–water partition coefficient (Wildman–Crippen LogP) is 14.9. The first-order valence-electron chi connectivity index (χ1n) is 19.2. The van der Waals surface area contributed by atoms with Gasteiger partial charge in [0, 0.05) is 58.8 Å². The van der Waals surface area contributed by atoms with Crippen molar-refractivity contribution in [1.82, 2.24) is 8.80 Å². The quantitative estimate of drug-likeness (QED) is 0.164. The minimum atomic E-state index is 1.11. The van der Waals surface area contributed by atoms with Crippen molar-refractivity contribution in [2.45, 2.75) is 0 Å². The summed E-state index contributed by atoms with van der Waals surface area (Å²) < 4.78 is 7.62. The molecule has 0 bridgehead atoms. The molecule has 0 amide bonds. The van der Waals surface area contributed by atoms with Gasteiger partial charge in [0.2, 0.25) is 0 Å². The summed E-state index contributed by atoms with van der Waals surface area (Å²) in [6.07, 6.45) is 0. The van der Waals surface area contributed by atoms with Crippen LogP contribution in [0.4, 0.5) is 17.1 Å². The van der Waals surface area contributed by atoms with Gasteiger partial charge in [-0.2, -0.15) is 0 Å². The number of hydrogen-bond acceptors (Lipinski definition) is 2. The topological polar surface area (TPSA) is 12.1 Å². The van der Waals surface area contributed by atoms with E-state index in [0.29, 0.717) is 0 Å². The molecule has 13 aromatic rings. The number of anilines is 3. The van der Waals surface area contributed by atoms with Crippen LogP contribution in [-0.4, -0.2) is 8.80 Å². The smallest absolute Gasteiger partial charge is 0.0789 e. The van der Waals surface area contributed by atoms with Crippen molar-refractivity contribution in [2.24, 2.45) is 0 Å². The zero-order chi connectivity index (χ0) is 36.5. The van der Waals surface area contributed by atoms with Crippen LogP contribution < -0.4 is 4.90 Å². The second kappa shape index (κ2) is 11.2. The summed E-state index contributed by atoms with van der Waals surface area (Å²) in [5.74, 6) is 0. The van der Waals surface area contributed by atoms with Crippen LogP contribution in [-0.2, 0) is 0 Å². The third-order valence-corrected chi connectivity index (χ3v) is 13.1. The first kappa shape index (κ1) is 30.2. The van der Waals surface area contributed by atoms with Crippen LogP contribution in [0.2, 0.25) is 0 Å². The average Bonchev–Trinajstić information content (AvgIpc) is 3.92. The van der Waals surface area contributed by atoms with Crippen LogP contribution >= 0.6 is 11.3 Å². The normalized spacial score (nSPS) is 12.3. The highest BCUT2D eigenvalue weighted by Gasteiger charge is 2.23. The van der Waals surface area contributed by atoms with E-state index in [4.69, 9.17) is 0 Å². The minimum Gasteiger partial charge on any atom is -0.310 e. The molecule has 3 nitrogen and oxygen atoms in total. The van der Waals surface area contributed by atoms with E-state index in [1.165, 1.54) is 96.7 Å². The molecule has 13 rings (SSSR count). The Kier molecular flexibility index (Phi) is 6.04. The van der Waals surface area contributed by atoms with Gasteiger partial charge in [-0.1, -0.05) is 115 Å². The zero-order valence-corrected chi connectivity index (χ0v) is 31.0. The number of aromatic nitrogens is 2. The van der Waals surface area contributed by atoms with Crippen molar-refractivity contribution in [3.05, 3.63) is 188 Å². The molecule has 260 valence electrons. The summed E-state index contributed by atoms with van der Waals surface area (Å²) in [6.45, 7) is 0. The minimum absolute atomic E-state index is 1.11. The number of thiophene rings is 1. The van der Waals surface area contributed by atoms with Crippen LogP contribution in [0.15, 0.2) is 188 Å². The van der Waals surface area contributed by atoms with Crippen molar-refractivity contribution in [3.8, 4) is 11.1 Å². The standard InChI is InChI=1S/C52H31N3S/c1-2-10-34-29-35(18-17-32(34)9-1)33-19-21-36(22-20-33)53(37-24-28-50-44(30-37)41-13-5-8-16-49(41)56-50)38-23-27-47-48(31-38)55-46-15-7-4-12-40(46)43-26-25-42-39-11-3-6-14-45(39)54(47)51(42)52(43)55/h1-31H. The van der Waals surface area contributed by atoms with Crippen LogP contribution in [0.5, 0.6) is 0 Å². The Balaban J connectivity index is 1.09. The Labute approximate surface area is 325 Å². The summed E-state index contributed by atoms with van der Waals surface area (Å²) in [5.41, 5.74) is 13.1. The van der Waals surface area contributed by atoms with E-state index in [9.17, 15) is 0 Å². The molecule has 0 spiro atoms. The molecule has 9 aromatic carbocycles. The fraction of sp³-hybridized carbons (Fsp3) is 0. The Morgan fingerprint density at radius 2 is 0.893 bits per heavy atom. The molecule has 0 aliphatic rings. The van der Waals surface area contributed by atoms with Gasteiger partial charge >= 0.3 is 0 Å². The van der Waals surface area contributed by atoms with Crippen molar-refractivity contribution in [1.29, 1.82) is 0 Å². The summed E-state index contributed by atoms with van der Waals surface area (Å²) >= 11 is 1.86. The molecule has 0 saturated heterocycles. The monoisotopic (exact) mass is 729 g/mol. The number of hydrogen-bond donors (Lipinski definition) is 0. The Bertz CT molecular complexity index is 3710. The fourth-order valence-corrected chi connectivity index (χ4v) is 10.6. The molecular weight excluding hydrogens is 699 g/mol. The first-order valence-corrected chi connectivity index (χ1v) is 20.0. The number of nitrogens with zero attached hydrogens (tertiary/aromatic N) is 3. The maximum absolute atomic E-state index is 2.52. The van der Waals surface area contributed by atoms with Crippen molar-refractivity contribution in [2.75, 3.05) is 4.90 Å². The van der Waals surface area contributed by atoms with Crippen LogP contribution in [0.1, 0.15) is 0 Å². The molecular formula is C52H31N3S. The van der Waals surface area contributed by atoms with Crippen LogP contribution in [0, 0.1) is 0 Å². The van der Waals surface area contributed by atoms with Gasteiger partial charge in [0.25, 0.3) is 0 Å². The van der Waals surface area contributed by atoms with Gasteiger partial charge in [-0.3, -0.25) is 0 Å². The van der Waals surface area contributed by atoms with Crippen molar-refractivity contribution in [3.63, 3.8) is 0 Å². The van der Waals surface area contributed by atoms with E-state index >= 15 is 0 Å². The molecule has 0 fully saturated rings. The highest BCUT2D eigenvalue weighted by molar-refractivity contribution is 7.25. The lowest BCUT2D eigenvalue weighted by molar-refractivity contribution is 1.24. The van der Waals surface area contributed by atoms with Crippen LogP contribution in [0.25, 0.3) is 96.7 Å². The van der Waals surface area contributed by atoms with E-state index in [1.54, 1.807) is 0 Å². The molecule has 0 atom stereocenters. The molecule has 4 aromatic heterocycles. The van der Waals surface area contributed by atoms with Crippen molar-refractivity contribution < 1.29 is 0 Å². The summed E-state index contributed by atoms with van der Waals surface area (Å²) in [5, 5.41) is 10.2. The van der Waals surface area contributed by atoms with E-state index in [2.05, 4.69) is 202 Å². The number of benzene rings is 9.